The summed E-state index contributed by atoms with van der Waals surface area (Å²) in [5.41, 5.74) is 1.77. The average molecular weight is 317 g/mol. The predicted octanol–water partition coefficient (Wildman–Crippen LogP) is 2.01. The van der Waals surface area contributed by atoms with Gasteiger partial charge in [-0.3, -0.25) is 9.69 Å². The van der Waals surface area contributed by atoms with Gasteiger partial charge in [0.2, 0.25) is 5.91 Å². The van der Waals surface area contributed by atoms with Gasteiger partial charge in [0, 0.05) is 38.8 Å². The topological polar surface area (TPSA) is 49.6 Å². The molecule has 0 radical (unpaired) electrons. The second kappa shape index (κ2) is 6.91. The number of carbonyl (C=O) groups excluding carboxylic acids is 1. The Kier molecular flexibility index (Phi) is 4.71. The number of benzene rings is 1. The maximum atomic E-state index is 12.9. The number of carbonyl (C=O) groups is 1. The smallest absolute Gasteiger partial charge is 0.227 e. The third kappa shape index (κ3) is 4.16. The molecule has 0 unspecified atom stereocenters. The van der Waals surface area contributed by atoms with Gasteiger partial charge >= 0.3 is 0 Å². The molecule has 1 aromatic heterocycles. The van der Waals surface area contributed by atoms with Crippen LogP contribution in [0.3, 0.4) is 0 Å². The van der Waals surface area contributed by atoms with Crippen molar-refractivity contribution < 1.29 is 13.7 Å². The molecule has 1 fully saturated rings. The molecule has 0 saturated carbocycles. The molecule has 0 spiro atoms. The minimum atomic E-state index is -0.280. The van der Waals surface area contributed by atoms with Gasteiger partial charge in [0.25, 0.3) is 0 Å². The van der Waals surface area contributed by atoms with Crippen molar-refractivity contribution in [3.05, 3.63) is 53.2 Å². The van der Waals surface area contributed by atoms with Gasteiger partial charge in [-0.05, 0) is 24.6 Å². The lowest BCUT2D eigenvalue weighted by atomic mass is 10.1. The molecule has 23 heavy (non-hydrogen) atoms. The Bertz CT molecular complexity index is 661. The molecule has 2 heterocycles. The van der Waals surface area contributed by atoms with Crippen LogP contribution in [0.2, 0.25) is 0 Å². The molecule has 5 nitrogen and oxygen atoms in total. The van der Waals surface area contributed by atoms with Crippen LogP contribution in [-0.4, -0.2) is 47.0 Å². The lowest BCUT2D eigenvalue weighted by Crippen LogP contribution is -2.48. The van der Waals surface area contributed by atoms with E-state index < -0.39 is 0 Å². The minimum Gasteiger partial charge on any atom is -0.361 e. The number of aromatic nitrogens is 1. The highest BCUT2D eigenvalue weighted by Crippen LogP contribution is 2.11. The molecule has 6 heteroatoms. The van der Waals surface area contributed by atoms with Crippen molar-refractivity contribution in [3.8, 4) is 0 Å². The molecule has 1 aromatic carbocycles. The van der Waals surface area contributed by atoms with E-state index in [0.29, 0.717) is 19.5 Å². The Morgan fingerprint density at radius 1 is 1.22 bits per heavy atom. The largest absolute Gasteiger partial charge is 0.361 e. The van der Waals surface area contributed by atoms with Crippen LogP contribution in [0.4, 0.5) is 4.39 Å². The minimum absolute atomic E-state index is 0.0912. The SMILES string of the molecule is Cc1cc(CN2CCN(C(=O)Cc3ccc(F)cc3)CC2)no1. The van der Waals surface area contributed by atoms with Crippen LogP contribution in [0.25, 0.3) is 0 Å². The van der Waals surface area contributed by atoms with Gasteiger partial charge < -0.3 is 9.42 Å². The van der Waals surface area contributed by atoms with E-state index in [4.69, 9.17) is 4.52 Å². The Morgan fingerprint density at radius 3 is 2.52 bits per heavy atom. The number of piperazine rings is 1. The Balaban J connectivity index is 1.48. The maximum absolute atomic E-state index is 12.9. The molecule has 122 valence electrons. The summed E-state index contributed by atoms with van der Waals surface area (Å²) >= 11 is 0. The zero-order valence-corrected chi connectivity index (χ0v) is 13.2. The van der Waals surface area contributed by atoms with Crippen LogP contribution >= 0.6 is 0 Å². The summed E-state index contributed by atoms with van der Waals surface area (Å²) in [5, 5.41) is 4.00. The lowest BCUT2D eigenvalue weighted by molar-refractivity contribution is -0.132. The third-order valence-corrected chi connectivity index (χ3v) is 4.06. The van der Waals surface area contributed by atoms with E-state index in [1.54, 1.807) is 12.1 Å². The van der Waals surface area contributed by atoms with Crippen molar-refractivity contribution in [3.63, 3.8) is 0 Å². The van der Waals surface area contributed by atoms with Gasteiger partial charge in [-0.1, -0.05) is 17.3 Å². The number of halogens is 1. The Hall–Kier alpha value is -2.21. The fraction of sp³-hybridized carbons (Fsp3) is 0.412. The van der Waals surface area contributed by atoms with E-state index in [2.05, 4.69) is 10.1 Å². The molecule has 1 saturated heterocycles. The van der Waals surface area contributed by atoms with Crippen molar-refractivity contribution in [1.29, 1.82) is 0 Å². The van der Waals surface area contributed by atoms with Crippen molar-refractivity contribution >= 4 is 5.91 Å². The summed E-state index contributed by atoms with van der Waals surface area (Å²) in [6, 6.07) is 8.04. The fourth-order valence-corrected chi connectivity index (χ4v) is 2.77. The van der Waals surface area contributed by atoms with Gasteiger partial charge in [0.15, 0.2) is 0 Å². The molecule has 3 rings (SSSR count). The monoisotopic (exact) mass is 317 g/mol. The predicted molar refractivity (Wildman–Crippen MR) is 83.2 cm³/mol. The first kappa shape index (κ1) is 15.7. The number of hydrogen-bond acceptors (Lipinski definition) is 4. The highest BCUT2D eigenvalue weighted by Gasteiger charge is 2.21. The molecule has 0 bridgehead atoms. The summed E-state index contributed by atoms with van der Waals surface area (Å²) in [6.45, 7) is 5.68. The average Bonchev–Trinajstić information content (AvgIpc) is 2.95. The van der Waals surface area contributed by atoms with E-state index in [1.807, 2.05) is 17.9 Å². The first-order valence-electron chi connectivity index (χ1n) is 7.77. The number of rotatable bonds is 4. The van der Waals surface area contributed by atoms with Crippen LogP contribution in [0.1, 0.15) is 17.0 Å². The summed E-state index contributed by atoms with van der Waals surface area (Å²) in [7, 11) is 0. The molecule has 2 aromatic rings. The van der Waals surface area contributed by atoms with Crippen LogP contribution in [0.15, 0.2) is 34.9 Å². The quantitative estimate of drug-likeness (QED) is 0.865. The zero-order chi connectivity index (χ0) is 16.2. The number of aryl methyl sites for hydroxylation is 1. The highest BCUT2D eigenvalue weighted by atomic mass is 19.1. The molecule has 0 aliphatic carbocycles. The van der Waals surface area contributed by atoms with E-state index >= 15 is 0 Å². The lowest BCUT2D eigenvalue weighted by Gasteiger charge is -2.34. The molecule has 1 amide bonds. The number of hydrogen-bond donors (Lipinski definition) is 0. The van der Waals surface area contributed by atoms with Crippen molar-refractivity contribution in [2.75, 3.05) is 26.2 Å². The van der Waals surface area contributed by atoms with Gasteiger partial charge in [0.1, 0.15) is 11.6 Å². The zero-order valence-electron chi connectivity index (χ0n) is 13.2. The van der Waals surface area contributed by atoms with Crippen LogP contribution < -0.4 is 0 Å². The van der Waals surface area contributed by atoms with E-state index in [0.717, 1.165) is 36.7 Å². The molecular weight excluding hydrogens is 297 g/mol. The molecule has 0 atom stereocenters. The van der Waals surface area contributed by atoms with E-state index in [1.165, 1.54) is 12.1 Å². The molecule has 1 aliphatic rings. The van der Waals surface area contributed by atoms with Gasteiger partial charge in [-0.2, -0.15) is 0 Å². The number of amides is 1. The van der Waals surface area contributed by atoms with Crippen molar-refractivity contribution in [1.82, 2.24) is 15.0 Å². The summed E-state index contributed by atoms with van der Waals surface area (Å²) in [6.07, 6.45) is 0.322. The second-order valence-corrected chi connectivity index (χ2v) is 5.89. The van der Waals surface area contributed by atoms with Crippen molar-refractivity contribution in [2.45, 2.75) is 19.9 Å². The third-order valence-electron chi connectivity index (χ3n) is 4.06. The van der Waals surface area contributed by atoms with Gasteiger partial charge in [-0.15, -0.1) is 0 Å². The Labute approximate surface area is 134 Å². The van der Waals surface area contributed by atoms with Crippen LogP contribution in [-0.2, 0) is 17.8 Å². The maximum Gasteiger partial charge on any atom is 0.227 e. The first-order valence-corrected chi connectivity index (χ1v) is 7.77. The van der Waals surface area contributed by atoms with Crippen LogP contribution in [0, 0.1) is 12.7 Å². The highest BCUT2D eigenvalue weighted by molar-refractivity contribution is 5.78. The normalized spacial score (nSPS) is 15.8. The van der Waals surface area contributed by atoms with Gasteiger partial charge in [0.05, 0.1) is 12.1 Å². The Morgan fingerprint density at radius 2 is 1.91 bits per heavy atom. The van der Waals surface area contributed by atoms with E-state index in [9.17, 15) is 9.18 Å². The first-order chi connectivity index (χ1) is 11.1. The van der Waals surface area contributed by atoms with Crippen LogP contribution in [0.5, 0.6) is 0 Å². The fourth-order valence-electron chi connectivity index (χ4n) is 2.77. The molecule has 1 aliphatic heterocycles. The molecular formula is C17H20FN3O2. The second-order valence-electron chi connectivity index (χ2n) is 5.89. The van der Waals surface area contributed by atoms with Gasteiger partial charge in [-0.25, -0.2) is 4.39 Å². The molecule has 0 N–H and O–H groups in total. The summed E-state index contributed by atoms with van der Waals surface area (Å²) in [4.78, 5) is 16.4. The standard InChI is InChI=1S/C17H20FN3O2/c1-13-10-16(19-23-13)12-20-6-8-21(9-7-20)17(22)11-14-2-4-15(18)5-3-14/h2-5,10H,6-9,11-12H2,1H3. The van der Waals surface area contributed by atoms with E-state index in [-0.39, 0.29) is 11.7 Å². The number of nitrogens with zero attached hydrogens (tertiary/aromatic N) is 3. The van der Waals surface area contributed by atoms with Crippen molar-refractivity contribution in [2.24, 2.45) is 0 Å². The summed E-state index contributed by atoms with van der Waals surface area (Å²) in [5.74, 6) is 0.625. The summed E-state index contributed by atoms with van der Waals surface area (Å²) < 4.78 is 18.0.